The van der Waals surface area contributed by atoms with Gasteiger partial charge in [0.15, 0.2) is 5.09 Å². The van der Waals surface area contributed by atoms with Gasteiger partial charge in [-0.05, 0) is 30.7 Å². The van der Waals surface area contributed by atoms with E-state index in [1.165, 1.54) is 16.7 Å². The summed E-state index contributed by atoms with van der Waals surface area (Å²) in [6.45, 7) is 0. The fourth-order valence-corrected chi connectivity index (χ4v) is 2.57. The molecule has 1 aromatic heterocycles. The molecule has 0 saturated heterocycles. The molecule has 0 bridgehead atoms. The van der Waals surface area contributed by atoms with Crippen molar-refractivity contribution in [2.75, 3.05) is 6.26 Å². The fraction of sp³-hybridized carbons (Fsp3) is 0.231. The van der Waals surface area contributed by atoms with Crippen LogP contribution in [0.4, 0.5) is 0 Å². The van der Waals surface area contributed by atoms with E-state index in [4.69, 9.17) is 4.42 Å². The molecule has 1 aliphatic rings. The maximum Gasteiger partial charge on any atom is 0.161 e. The van der Waals surface area contributed by atoms with Gasteiger partial charge in [0.2, 0.25) is 0 Å². The number of benzene rings is 1. The average molecular weight is 216 g/mol. The Morgan fingerprint density at radius 2 is 1.93 bits per heavy atom. The normalized spacial score (nSPS) is 13.4. The summed E-state index contributed by atoms with van der Waals surface area (Å²) in [5, 5.41) is 1.02. The summed E-state index contributed by atoms with van der Waals surface area (Å²) >= 11 is 1.67. The van der Waals surface area contributed by atoms with Crippen LogP contribution in [0.3, 0.4) is 0 Å². The van der Waals surface area contributed by atoms with Crippen LogP contribution in [0.5, 0.6) is 0 Å². The van der Waals surface area contributed by atoms with Crippen molar-refractivity contribution in [1.29, 1.82) is 0 Å². The number of thioether (sulfide) groups is 1. The van der Waals surface area contributed by atoms with Gasteiger partial charge in [0, 0.05) is 11.1 Å². The molecule has 0 aliphatic heterocycles. The Morgan fingerprint density at radius 1 is 1.13 bits per heavy atom. The second-order valence-corrected chi connectivity index (χ2v) is 4.59. The van der Waals surface area contributed by atoms with E-state index >= 15 is 0 Å². The molecular formula is C13H12OS. The molecule has 15 heavy (non-hydrogen) atoms. The Labute approximate surface area is 93.5 Å². The molecule has 0 saturated carbocycles. The van der Waals surface area contributed by atoms with Gasteiger partial charge in [-0.15, -0.1) is 0 Å². The minimum Gasteiger partial charge on any atom is -0.450 e. The smallest absolute Gasteiger partial charge is 0.161 e. The number of furan rings is 1. The summed E-state index contributed by atoms with van der Waals surface area (Å²) in [5.74, 6) is 1.08. The summed E-state index contributed by atoms with van der Waals surface area (Å²) in [7, 11) is 0. The molecule has 76 valence electrons. The lowest BCUT2D eigenvalue weighted by Gasteiger charge is -2.13. The van der Waals surface area contributed by atoms with Crippen LogP contribution in [-0.2, 0) is 12.8 Å². The standard InChI is InChI=1S/C13H12OS/c1-15-12-8-10-7-6-9-4-2-3-5-11(9)13(10)14-12/h2-5,8H,6-7H2,1H3. The van der Waals surface area contributed by atoms with Crippen LogP contribution >= 0.6 is 11.8 Å². The molecule has 0 spiro atoms. The number of rotatable bonds is 1. The Balaban J connectivity index is 2.20. The third-order valence-electron chi connectivity index (χ3n) is 2.91. The van der Waals surface area contributed by atoms with Crippen LogP contribution in [0, 0.1) is 0 Å². The third-order valence-corrected chi connectivity index (χ3v) is 3.52. The lowest BCUT2D eigenvalue weighted by molar-refractivity contribution is 0.485. The molecule has 0 radical (unpaired) electrons. The molecule has 1 nitrogen and oxygen atoms in total. The predicted octanol–water partition coefficient (Wildman–Crippen LogP) is 3.77. The topological polar surface area (TPSA) is 13.1 Å². The fourth-order valence-electron chi connectivity index (χ4n) is 2.15. The van der Waals surface area contributed by atoms with Crippen molar-refractivity contribution in [2.45, 2.75) is 17.9 Å². The molecule has 2 heteroatoms. The van der Waals surface area contributed by atoms with Crippen molar-refractivity contribution in [1.82, 2.24) is 0 Å². The van der Waals surface area contributed by atoms with Gasteiger partial charge in [0.1, 0.15) is 5.76 Å². The Hall–Kier alpha value is -1.15. The van der Waals surface area contributed by atoms with Crippen LogP contribution in [0.1, 0.15) is 11.1 Å². The van der Waals surface area contributed by atoms with Gasteiger partial charge in [-0.2, -0.15) is 0 Å². The van der Waals surface area contributed by atoms with Crippen molar-refractivity contribution in [2.24, 2.45) is 0 Å². The van der Waals surface area contributed by atoms with Crippen molar-refractivity contribution >= 4 is 11.8 Å². The van der Waals surface area contributed by atoms with Gasteiger partial charge in [0.05, 0.1) is 0 Å². The van der Waals surface area contributed by atoms with Crippen LogP contribution in [0.2, 0.25) is 0 Å². The van der Waals surface area contributed by atoms with E-state index in [9.17, 15) is 0 Å². The third kappa shape index (κ3) is 1.40. The lowest BCUT2D eigenvalue weighted by atomic mass is 9.91. The van der Waals surface area contributed by atoms with Gasteiger partial charge < -0.3 is 4.42 Å². The van der Waals surface area contributed by atoms with E-state index in [0.717, 1.165) is 23.7 Å². The van der Waals surface area contributed by atoms with E-state index in [1.54, 1.807) is 11.8 Å². The second-order valence-electron chi connectivity index (χ2n) is 3.78. The number of hydrogen-bond acceptors (Lipinski definition) is 2. The first-order valence-corrected chi connectivity index (χ1v) is 6.36. The number of fused-ring (bicyclic) bond motifs is 3. The molecule has 1 aliphatic carbocycles. The first-order chi connectivity index (χ1) is 7.38. The molecule has 0 unspecified atom stereocenters. The average Bonchev–Trinajstić information content (AvgIpc) is 2.72. The SMILES string of the molecule is CSc1cc2c(o1)-c1ccccc1CC2. The van der Waals surface area contributed by atoms with E-state index in [0.29, 0.717) is 0 Å². The minimum absolute atomic E-state index is 1.02. The van der Waals surface area contributed by atoms with Crippen LogP contribution in [-0.4, -0.2) is 6.26 Å². The summed E-state index contributed by atoms with van der Waals surface area (Å²) in [5.41, 5.74) is 4.05. The van der Waals surface area contributed by atoms with Gasteiger partial charge >= 0.3 is 0 Å². The van der Waals surface area contributed by atoms with Crippen LogP contribution < -0.4 is 0 Å². The minimum atomic E-state index is 1.02. The summed E-state index contributed by atoms with van der Waals surface area (Å²) in [6.07, 6.45) is 4.29. The molecule has 0 N–H and O–H groups in total. The monoisotopic (exact) mass is 216 g/mol. The van der Waals surface area contributed by atoms with Crippen molar-refractivity contribution < 1.29 is 4.42 Å². The molecule has 1 aromatic carbocycles. The largest absolute Gasteiger partial charge is 0.450 e. The van der Waals surface area contributed by atoms with Gasteiger partial charge in [-0.25, -0.2) is 0 Å². The van der Waals surface area contributed by atoms with Crippen LogP contribution in [0.15, 0.2) is 39.8 Å². The van der Waals surface area contributed by atoms with E-state index in [-0.39, 0.29) is 0 Å². The lowest BCUT2D eigenvalue weighted by Crippen LogP contribution is -2.00. The highest BCUT2D eigenvalue weighted by molar-refractivity contribution is 7.98. The first-order valence-electron chi connectivity index (χ1n) is 5.13. The maximum absolute atomic E-state index is 5.84. The Bertz CT molecular complexity index is 499. The molecule has 2 aromatic rings. The van der Waals surface area contributed by atoms with Crippen molar-refractivity contribution in [3.63, 3.8) is 0 Å². The summed E-state index contributed by atoms with van der Waals surface area (Å²) in [6, 6.07) is 10.7. The van der Waals surface area contributed by atoms with E-state index < -0.39 is 0 Å². The highest BCUT2D eigenvalue weighted by atomic mass is 32.2. The van der Waals surface area contributed by atoms with Crippen LogP contribution in [0.25, 0.3) is 11.3 Å². The maximum atomic E-state index is 5.84. The zero-order chi connectivity index (χ0) is 10.3. The first kappa shape index (κ1) is 9.10. The zero-order valence-corrected chi connectivity index (χ0v) is 9.43. The van der Waals surface area contributed by atoms with Gasteiger partial charge in [-0.3, -0.25) is 0 Å². The quantitative estimate of drug-likeness (QED) is 0.673. The number of hydrogen-bond donors (Lipinski definition) is 0. The highest BCUT2D eigenvalue weighted by Crippen LogP contribution is 2.37. The molecule has 3 rings (SSSR count). The Kier molecular flexibility index (Phi) is 2.10. The Morgan fingerprint density at radius 3 is 2.80 bits per heavy atom. The second kappa shape index (κ2) is 3.46. The van der Waals surface area contributed by atoms with Gasteiger partial charge in [-0.1, -0.05) is 36.0 Å². The summed E-state index contributed by atoms with van der Waals surface area (Å²) in [4.78, 5) is 0. The van der Waals surface area contributed by atoms with Crippen molar-refractivity contribution in [3.05, 3.63) is 41.5 Å². The molecule has 1 heterocycles. The predicted molar refractivity (Wildman–Crippen MR) is 63.3 cm³/mol. The van der Waals surface area contributed by atoms with E-state index in [2.05, 4.69) is 36.6 Å². The molecular weight excluding hydrogens is 204 g/mol. The molecule has 0 fully saturated rings. The highest BCUT2D eigenvalue weighted by Gasteiger charge is 2.19. The number of aryl methyl sites for hydroxylation is 2. The van der Waals surface area contributed by atoms with E-state index in [1.807, 2.05) is 0 Å². The van der Waals surface area contributed by atoms with Crippen molar-refractivity contribution in [3.8, 4) is 11.3 Å². The van der Waals surface area contributed by atoms with Gasteiger partial charge in [0.25, 0.3) is 0 Å². The zero-order valence-electron chi connectivity index (χ0n) is 8.62. The molecule has 0 atom stereocenters. The molecule has 0 amide bonds. The summed E-state index contributed by atoms with van der Waals surface area (Å²) < 4.78 is 5.84.